The van der Waals surface area contributed by atoms with Crippen LogP contribution in [-0.2, 0) is 4.79 Å². The molecule has 0 N–H and O–H groups in total. The SMILES string of the molecule is CC1C(=O)SCCN1C. The predicted octanol–water partition coefficient (Wildman–Crippen LogP) is 0.580. The van der Waals surface area contributed by atoms with E-state index in [2.05, 4.69) is 4.90 Å². The largest absolute Gasteiger partial charge is 0.295 e. The quantitative estimate of drug-likeness (QED) is 0.497. The Balaban J connectivity index is 2.51. The molecule has 1 saturated heterocycles. The molecule has 52 valence electrons. The third-order valence-corrected chi connectivity index (χ3v) is 2.70. The fourth-order valence-electron chi connectivity index (χ4n) is 0.784. The van der Waals surface area contributed by atoms with Gasteiger partial charge in [-0.2, -0.15) is 0 Å². The van der Waals surface area contributed by atoms with E-state index in [4.69, 9.17) is 0 Å². The molecule has 0 bridgehead atoms. The average Bonchev–Trinajstić information content (AvgIpc) is 1.83. The van der Waals surface area contributed by atoms with Gasteiger partial charge in [0.2, 0.25) is 5.12 Å². The number of rotatable bonds is 0. The highest BCUT2D eigenvalue weighted by molar-refractivity contribution is 8.13. The molecule has 3 heteroatoms. The Morgan fingerprint density at radius 2 is 2.44 bits per heavy atom. The van der Waals surface area contributed by atoms with E-state index in [1.165, 1.54) is 11.8 Å². The van der Waals surface area contributed by atoms with Crippen LogP contribution in [-0.4, -0.2) is 35.4 Å². The zero-order chi connectivity index (χ0) is 6.85. The van der Waals surface area contributed by atoms with Gasteiger partial charge in [0.1, 0.15) is 0 Å². The molecule has 0 radical (unpaired) electrons. The van der Waals surface area contributed by atoms with Crippen LogP contribution in [0, 0.1) is 0 Å². The molecule has 1 atom stereocenters. The lowest BCUT2D eigenvalue weighted by Crippen LogP contribution is -2.40. The second kappa shape index (κ2) is 2.71. The molecule has 0 aliphatic carbocycles. The first-order chi connectivity index (χ1) is 4.22. The first-order valence-corrected chi connectivity index (χ1v) is 4.07. The molecule has 0 saturated carbocycles. The van der Waals surface area contributed by atoms with E-state index in [0.717, 1.165) is 12.3 Å². The van der Waals surface area contributed by atoms with Gasteiger partial charge in [0.05, 0.1) is 6.04 Å². The van der Waals surface area contributed by atoms with Crippen LogP contribution in [0.1, 0.15) is 6.92 Å². The lowest BCUT2D eigenvalue weighted by Gasteiger charge is -2.27. The summed E-state index contributed by atoms with van der Waals surface area (Å²) in [5.41, 5.74) is 0. The van der Waals surface area contributed by atoms with Crippen molar-refractivity contribution in [1.29, 1.82) is 0 Å². The van der Waals surface area contributed by atoms with Gasteiger partial charge in [-0.25, -0.2) is 0 Å². The summed E-state index contributed by atoms with van der Waals surface area (Å²) in [7, 11) is 1.99. The first-order valence-electron chi connectivity index (χ1n) is 3.08. The Hall–Kier alpha value is -0.0200. The minimum Gasteiger partial charge on any atom is -0.295 e. The molecular weight excluding hydrogens is 134 g/mol. The molecule has 0 aromatic carbocycles. The van der Waals surface area contributed by atoms with Crippen LogP contribution in [0.15, 0.2) is 0 Å². The maximum absolute atomic E-state index is 10.9. The Morgan fingerprint density at radius 3 is 2.89 bits per heavy atom. The monoisotopic (exact) mass is 145 g/mol. The van der Waals surface area contributed by atoms with Crippen LogP contribution < -0.4 is 0 Å². The fourth-order valence-corrected chi connectivity index (χ4v) is 1.79. The highest BCUT2D eigenvalue weighted by Gasteiger charge is 2.22. The lowest BCUT2D eigenvalue weighted by atomic mass is 10.3. The van der Waals surface area contributed by atoms with Crippen LogP contribution >= 0.6 is 11.8 Å². The number of nitrogens with zero attached hydrogens (tertiary/aromatic N) is 1. The van der Waals surface area contributed by atoms with Crippen molar-refractivity contribution in [2.45, 2.75) is 13.0 Å². The molecule has 1 aliphatic rings. The van der Waals surface area contributed by atoms with Crippen molar-refractivity contribution >= 4 is 16.9 Å². The molecule has 1 fully saturated rings. The predicted molar refractivity (Wildman–Crippen MR) is 39.6 cm³/mol. The van der Waals surface area contributed by atoms with E-state index >= 15 is 0 Å². The minimum absolute atomic E-state index is 0.128. The highest BCUT2D eigenvalue weighted by atomic mass is 32.2. The summed E-state index contributed by atoms with van der Waals surface area (Å²) in [6.45, 7) is 2.99. The molecule has 1 heterocycles. The summed E-state index contributed by atoms with van der Waals surface area (Å²) in [5.74, 6) is 0.958. The summed E-state index contributed by atoms with van der Waals surface area (Å²) >= 11 is 1.45. The van der Waals surface area contributed by atoms with Crippen molar-refractivity contribution in [3.05, 3.63) is 0 Å². The minimum atomic E-state index is 0.128. The van der Waals surface area contributed by atoms with Crippen molar-refractivity contribution in [1.82, 2.24) is 4.90 Å². The summed E-state index contributed by atoms with van der Waals surface area (Å²) in [4.78, 5) is 13.0. The second-order valence-electron chi connectivity index (χ2n) is 2.32. The van der Waals surface area contributed by atoms with Crippen molar-refractivity contribution in [3.8, 4) is 0 Å². The number of carbonyl (C=O) groups is 1. The number of carbonyl (C=O) groups excluding carboxylic acids is 1. The van der Waals surface area contributed by atoms with Crippen LogP contribution in [0.3, 0.4) is 0 Å². The van der Waals surface area contributed by atoms with Gasteiger partial charge in [0.15, 0.2) is 0 Å². The fraction of sp³-hybridized carbons (Fsp3) is 0.833. The van der Waals surface area contributed by atoms with Crippen molar-refractivity contribution in [2.75, 3.05) is 19.3 Å². The van der Waals surface area contributed by atoms with Gasteiger partial charge in [0, 0.05) is 12.3 Å². The summed E-state index contributed by atoms with van der Waals surface area (Å²) < 4.78 is 0. The molecule has 1 aliphatic heterocycles. The van der Waals surface area contributed by atoms with E-state index in [1.807, 2.05) is 14.0 Å². The van der Waals surface area contributed by atoms with Gasteiger partial charge in [0.25, 0.3) is 0 Å². The van der Waals surface area contributed by atoms with E-state index in [9.17, 15) is 4.79 Å². The van der Waals surface area contributed by atoms with Crippen molar-refractivity contribution in [2.24, 2.45) is 0 Å². The molecule has 2 nitrogen and oxygen atoms in total. The van der Waals surface area contributed by atoms with Crippen LogP contribution in [0.4, 0.5) is 0 Å². The number of hydrogen-bond donors (Lipinski definition) is 0. The number of thioether (sulfide) groups is 1. The Bertz CT molecular complexity index is 126. The Kier molecular flexibility index (Phi) is 2.13. The molecule has 9 heavy (non-hydrogen) atoms. The summed E-state index contributed by atoms with van der Waals surface area (Å²) in [6, 6.07) is 0.128. The Morgan fingerprint density at radius 1 is 1.78 bits per heavy atom. The van der Waals surface area contributed by atoms with Crippen molar-refractivity contribution < 1.29 is 4.79 Å². The molecule has 0 amide bonds. The topological polar surface area (TPSA) is 20.3 Å². The first kappa shape index (κ1) is 7.09. The van der Waals surface area contributed by atoms with E-state index in [-0.39, 0.29) is 6.04 Å². The molecule has 1 rings (SSSR count). The van der Waals surface area contributed by atoms with Gasteiger partial charge in [-0.3, -0.25) is 9.69 Å². The van der Waals surface area contributed by atoms with E-state index < -0.39 is 0 Å². The third-order valence-electron chi connectivity index (χ3n) is 1.69. The zero-order valence-corrected chi connectivity index (χ0v) is 6.57. The number of likely N-dealkylation sites (N-methyl/N-ethyl adjacent to an activating group) is 1. The third kappa shape index (κ3) is 1.46. The maximum atomic E-state index is 10.9. The smallest absolute Gasteiger partial charge is 0.205 e. The average molecular weight is 145 g/mol. The van der Waals surface area contributed by atoms with Crippen LogP contribution in [0.2, 0.25) is 0 Å². The summed E-state index contributed by atoms with van der Waals surface area (Å²) in [6.07, 6.45) is 0. The van der Waals surface area contributed by atoms with Gasteiger partial charge in [-0.1, -0.05) is 11.8 Å². The van der Waals surface area contributed by atoms with Crippen LogP contribution in [0.25, 0.3) is 0 Å². The maximum Gasteiger partial charge on any atom is 0.205 e. The van der Waals surface area contributed by atoms with Gasteiger partial charge in [-0.05, 0) is 14.0 Å². The Labute approximate surface area is 59.6 Å². The second-order valence-corrected chi connectivity index (χ2v) is 3.42. The van der Waals surface area contributed by atoms with Gasteiger partial charge in [-0.15, -0.1) is 0 Å². The van der Waals surface area contributed by atoms with E-state index in [0.29, 0.717) is 5.12 Å². The van der Waals surface area contributed by atoms with E-state index in [1.54, 1.807) is 0 Å². The van der Waals surface area contributed by atoms with Crippen molar-refractivity contribution in [3.63, 3.8) is 0 Å². The lowest BCUT2D eigenvalue weighted by molar-refractivity contribution is -0.115. The summed E-state index contributed by atoms with van der Waals surface area (Å²) in [5, 5.41) is 0.309. The standard InChI is InChI=1S/C6H11NOS/c1-5-6(8)9-4-3-7(5)2/h5H,3-4H2,1-2H3. The van der Waals surface area contributed by atoms with Crippen LogP contribution in [0.5, 0.6) is 0 Å². The highest BCUT2D eigenvalue weighted by Crippen LogP contribution is 2.15. The molecule has 0 aromatic heterocycles. The number of hydrogen-bond acceptors (Lipinski definition) is 3. The molecule has 0 aromatic rings. The zero-order valence-electron chi connectivity index (χ0n) is 5.76. The molecular formula is C6H11NOS. The normalized spacial score (nSPS) is 30.9. The van der Waals surface area contributed by atoms with Gasteiger partial charge < -0.3 is 0 Å². The molecule has 1 unspecified atom stereocenters. The molecule has 0 spiro atoms. The van der Waals surface area contributed by atoms with Gasteiger partial charge >= 0.3 is 0 Å².